The lowest BCUT2D eigenvalue weighted by Crippen LogP contribution is -2.50. The number of para-hydroxylation sites is 1. The van der Waals surface area contributed by atoms with Gasteiger partial charge in [0.05, 0.1) is 10.9 Å². The second-order valence-electron chi connectivity index (χ2n) is 9.49. The van der Waals surface area contributed by atoms with Crippen LogP contribution in [-0.2, 0) is 21.4 Å². The summed E-state index contributed by atoms with van der Waals surface area (Å²) < 4.78 is 19.7. The highest BCUT2D eigenvalue weighted by Crippen LogP contribution is 2.38. The highest BCUT2D eigenvalue weighted by atomic mass is 19.1. The molecule has 2 aliphatic heterocycles. The van der Waals surface area contributed by atoms with Crippen molar-refractivity contribution in [2.75, 3.05) is 26.3 Å². The van der Waals surface area contributed by atoms with Gasteiger partial charge >= 0.3 is 0 Å². The molecule has 2 aliphatic rings. The summed E-state index contributed by atoms with van der Waals surface area (Å²) in [5.41, 5.74) is 2.49. The van der Waals surface area contributed by atoms with Crippen molar-refractivity contribution in [3.05, 3.63) is 77.7 Å². The van der Waals surface area contributed by atoms with E-state index in [0.717, 1.165) is 49.9 Å². The summed E-state index contributed by atoms with van der Waals surface area (Å²) >= 11 is 0. The van der Waals surface area contributed by atoms with Gasteiger partial charge in [-0.1, -0.05) is 36.4 Å². The Morgan fingerprint density at radius 2 is 1.88 bits per heavy atom. The summed E-state index contributed by atoms with van der Waals surface area (Å²) in [6, 6.07) is 17.1. The van der Waals surface area contributed by atoms with Gasteiger partial charge in [-0.2, -0.15) is 0 Å². The number of amides is 1. The van der Waals surface area contributed by atoms with Gasteiger partial charge in [0, 0.05) is 37.9 Å². The van der Waals surface area contributed by atoms with Gasteiger partial charge in [-0.15, -0.1) is 0 Å². The van der Waals surface area contributed by atoms with Crippen LogP contribution in [0.5, 0.6) is 0 Å². The van der Waals surface area contributed by atoms with Crippen molar-refractivity contribution in [1.82, 2.24) is 9.88 Å². The van der Waals surface area contributed by atoms with Crippen molar-refractivity contribution in [3.63, 3.8) is 0 Å². The van der Waals surface area contributed by atoms with Crippen molar-refractivity contribution in [2.24, 2.45) is 5.92 Å². The molecule has 2 saturated heterocycles. The number of hydrogen-bond donors (Lipinski definition) is 0. The van der Waals surface area contributed by atoms with E-state index in [-0.39, 0.29) is 11.7 Å². The number of nitrogens with zero attached hydrogens (tertiary/aromatic N) is 2. The van der Waals surface area contributed by atoms with E-state index in [1.54, 1.807) is 6.07 Å². The maximum Gasteiger partial charge on any atom is 0.233 e. The number of carbonyl (C=O) groups excluding carboxylic acids is 1. The summed E-state index contributed by atoms with van der Waals surface area (Å²) in [5.74, 6) is 0.380. The Balaban J connectivity index is 1.33. The monoisotopic (exact) mass is 446 g/mol. The predicted molar refractivity (Wildman–Crippen MR) is 127 cm³/mol. The Morgan fingerprint density at radius 1 is 1.06 bits per heavy atom. The van der Waals surface area contributed by atoms with Gasteiger partial charge in [-0.25, -0.2) is 4.39 Å². The van der Waals surface area contributed by atoms with Crippen LogP contribution in [0.3, 0.4) is 0 Å². The number of fused-ring (bicyclic) bond motifs is 1. The van der Waals surface area contributed by atoms with Crippen molar-refractivity contribution in [3.8, 4) is 0 Å². The topological polar surface area (TPSA) is 42.4 Å². The number of halogens is 1. The number of likely N-dealkylation sites (tertiary alicyclic amines) is 1. The van der Waals surface area contributed by atoms with Crippen LogP contribution in [0.4, 0.5) is 4.39 Å². The zero-order valence-corrected chi connectivity index (χ0v) is 19.0. The Kier molecular flexibility index (Phi) is 6.41. The zero-order chi connectivity index (χ0) is 22.7. The lowest BCUT2D eigenvalue weighted by molar-refractivity contribution is -0.141. The Hall–Kier alpha value is -2.79. The molecular weight excluding hydrogens is 415 g/mol. The fourth-order valence-electron chi connectivity index (χ4n) is 5.65. The molecule has 2 fully saturated rings. The first-order valence-electron chi connectivity index (χ1n) is 12.1. The minimum atomic E-state index is -0.681. The van der Waals surface area contributed by atoms with Gasteiger partial charge in [0.2, 0.25) is 5.91 Å². The molecular formula is C28H31FN2O2. The second-order valence-corrected chi connectivity index (χ2v) is 9.49. The third-order valence-corrected chi connectivity index (χ3v) is 7.49. The summed E-state index contributed by atoms with van der Waals surface area (Å²) in [6.45, 7) is 2.58. The van der Waals surface area contributed by atoms with Gasteiger partial charge in [0.15, 0.2) is 0 Å². The molecule has 0 N–H and O–H groups in total. The van der Waals surface area contributed by atoms with E-state index in [0.29, 0.717) is 32.0 Å². The van der Waals surface area contributed by atoms with Gasteiger partial charge in [-0.3, -0.25) is 9.78 Å². The molecule has 1 amide bonds. The Morgan fingerprint density at radius 3 is 2.73 bits per heavy atom. The van der Waals surface area contributed by atoms with Crippen LogP contribution >= 0.6 is 0 Å². The molecule has 5 heteroatoms. The highest BCUT2D eigenvalue weighted by Gasteiger charge is 2.44. The molecule has 5 rings (SSSR count). The first kappa shape index (κ1) is 22.0. The molecule has 1 atom stereocenters. The number of hydrogen-bond acceptors (Lipinski definition) is 3. The normalized spacial score (nSPS) is 21.0. The third-order valence-electron chi connectivity index (χ3n) is 7.49. The van der Waals surface area contributed by atoms with Gasteiger partial charge < -0.3 is 9.64 Å². The average Bonchev–Trinajstić information content (AvgIpc) is 3.10. The number of pyridine rings is 1. The lowest BCUT2D eigenvalue weighted by Gasteiger charge is -2.40. The lowest BCUT2D eigenvalue weighted by atomic mass is 9.73. The van der Waals surface area contributed by atoms with Gasteiger partial charge in [-0.05, 0) is 73.8 Å². The standard InChI is InChI=1S/C28H31FN2O2/c29-25-10-2-9-24(20-25)28(12-17-33-18-13-28)27(32)31-15-4-5-21(11-16-31)19-23-7-1-6-22-8-3-14-30-26(22)23/h1-3,6-10,14,20-21H,4-5,11-13,15-19H2/t21-/m0/s1. The first-order chi connectivity index (χ1) is 16.2. The number of rotatable bonds is 4. The van der Waals surface area contributed by atoms with E-state index in [2.05, 4.69) is 29.2 Å². The molecule has 0 unspecified atom stereocenters. The highest BCUT2D eigenvalue weighted by molar-refractivity contribution is 5.88. The molecule has 0 bridgehead atoms. The molecule has 3 heterocycles. The van der Waals surface area contributed by atoms with Crippen LogP contribution in [0.15, 0.2) is 60.8 Å². The van der Waals surface area contributed by atoms with E-state index >= 15 is 0 Å². The maximum absolute atomic E-state index is 14.1. The van der Waals surface area contributed by atoms with E-state index in [1.807, 2.05) is 23.2 Å². The Bertz CT molecular complexity index is 1120. The number of benzene rings is 2. The summed E-state index contributed by atoms with van der Waals surface area (Å²) in [5, 5.41) is 1.18. The maximum atomic E-state index is 14.1. The average molecular weight is 447 g/mol. The van der Waals surface area contributed by atoms with E-state index in [1.165, 1.54) is 23.1 Å². The van der Waals surface area contributed by atoms with Crippen molar-refractivity contribution in [1.29, 1.82) is 0 Å². The molecule has 33 heavy (non-hydrogen) atoms. The van der Waals surface area contributed by atoms with E-state index in [4.69, 9.17) is 4.74 Å². The summed E-state index contributed by atoms with van der Waals surface area (Å²) in [7, 11) is 0. The molecule has 0 saturated carbocycles. The van der Waals surface area contributed by atoms with Crippen LogP contribution in [0.2, 0.25) is 0 Å². The van der Waals surface area contributed by atoms with Crippen molar-refractivity contribution >= 4 is 16.8 Å². The van der Waals surface area contributed by atoms with Crippen LogP contribution < -0.4 is 0 Å². The molecule has 2 aromatic carbocycles. The number of ether oxygens (including phenoxy) is 1. The van der Waals surface area contributed by atoms with Crippen molar-refractivity contribution in [2.45, 2.75) is 43.9 Å². The largest absolute Gasteiger partial charge is 0.381 e. The quantitative estimate of drug-likeness (QED) is 0.547. The van der Waals surface area contributed by atoms with Crippen LogP contribution in [-0.4, -0.2) is 42.1 Å². The predicted octanol–water partition coefficient (Wildman–Crippen LogP) is 5.29. The zero-order valence-electron chi connectivity index (χ0n) is 19.0. The molecule has 0 aliphatic carbocycles. The number of aromatic nitrogens is 1. The van der Waals surface area contributed by atoms with Crippen LogP contribution in [0.1, 0.15) is 43.2 Å². The van der Waals surface area contributed by atoms with Gasteiger partial charge in [0.25, 0.3) is 0 Å². The minimum absolute atomic E-state index is 0.142. The summed E-state index contributed by atoms with van der Waals surface area (Å²) in [4.78, 5) is 20.6. The van der Waals surface area contributed by atoms with Crippen LogP contribution in [0.25, 0.3) is 10.9 Å². The molecule has 0 spiro atoms. The second kappa shape index (κ2) is 9.60. The van der Waals surface area contributed by atoms with Crippen LogP contribution in [0, 0.1) is 11.7 Å². The fraction of sp³-hybridized carbons (Fsp3) is 0.429. The smallest absolute Gasteiger partial charge is 0.233 e. The molecule has 3 aromatic rings. The first-order valence-corrected chi connectivity index (χ1v) is 12.1. The van der Waals surface area contributed by atoms with Crippen molar-refractivity contribution < 1.29 is 13.9 Å². The molecule has 172 valence electrons. The Labute approximate surface area is 194 Å². The minimum Gasteiger partial charge on any atom is -0.381 e. The third kappa shape index (κ3) is 4.51. The molecule has 0 radical (unpaired) electrons. The number of carbonyl (C=O) groups is 1. The van der Waals surface area contributed by atoms with E-state index < -0.39 is 5.41 Å². The fourth-order valence-corrected chi connectivity index (χ4v) is 5.65. The molecule has 4 nitrogen and oxygen atoms in total. The van der Waals surface area contributed by atoms with Gasteiger partial charge in [0.1, 0.15) is 5.82 Å². The summed E-state index contributed by atoms with van der Waals surface area (Å²) in [6.07, 6.45) is 7.13. The SMILES string of the molecule is O=C(N1CCC[C@H](Cc2cccc3cccnc23)CC1)C1(c2cccc(F)c2)CCOCC1. The molecule has 1 aromatic heterocycles. The van der Waals surface area contributed by atoms with E-state index in [9.17, 15) is 9.18 Å².